The fourth-order valence-electron chi connectivity index (χ4n) is 3.46. The molecule has 2 aliphatic rings. The third-order valence-electron chi connectivity index (χ3n) is 4.56. The molecule has 0 radical (unpaired) electrons. The molecule has 1 heterocycles. The molecule has 6 nitrogen and oxygen atoms in total. The Morgan fingerprint density at radius 3 is 2.78 bits per heavy atom. The Morgan fingerprint density at radius 1 is 1.39 bits per heavy atom. The monoisotopic (exact) mass is 340 g/mol. The van der Waals surface area contributed by atoms with Crippen LogP contribution in [0.4, 0.5) is 0 Å². The summed E-state index contributed by atoms with van der Waals surface area (Å²) in [7, 11) is 2.65. The number of carbonyl (C=O) groups is 2. The van der Waals surface area contributed by atoms with Gasteiger partial charge in [0.15, 0.2) is 0 Å². The van der Waals surface area contributed by atoms with Gasteiger partial charge in [-0.25, -0.2) is 0 Å². The second-order valence-corrected chi connectivity index (χ2v) is 6.23. The number of Topliss-reactive ketones (excluding diaryl/α,β-unsaturated/α-hetero) is 1. The summed E-state index contributed by atoms with van der Waals surface area (Å²) in [4.78, 5) is 25.4. The SMILES string of the molecule is COC(=O)C1C(Cl)CCC(O)C12Oc1cccc(OC)c1C2=O. The summed E-state index contributed by atoms with van der Waals surface area (Å²) in [5.74, 6) is -1.67. The zero-order valence-corrected chi connectivity index (χ0v) is 13.5. The molecule has 124 valence electrons. The molecule has 1 spiro atoms. The molecule has 4 atom stereocenters. The van der Waals surface area contributed by atoms with Crippen molar-refractivity contribution in [2.75, 3.05) is 14.2 Å². The molecule has 0 amide bonds. The lowest BCUT2D eigenvalue weighted by molar-refractivity contribution is -0.160. The van der Waals surface area contributed by atoms with Gasteiger partial charge in [-0.1, -0.05) is 6.07 Å². The molecule has 1 aromatic carbocycles. The highest BCUT2D eigenvalue weighted by molar-refractivity contribution is 6.23. The normalized spacial score (nSPS) is 32.3. The maximum Gasteiger partial charge on any atom is 0.314 e. The van der Waals surface area contributed by atoms with Gasteiger partial charge >= 0.3 is 5.97 Å². The number of ether oxygens (including phenoxy) is 3. The summed E-state index contributed by atoms with van der Waals surface area (Å²) >= 11 is 6.30. The van der Waals surface area contributed by atoms with E-state index in [-0.39, 0.29) is 17.7 Å². The highest BCUT2D eigenvalue weighted by Crippen LogP contribution is 2.50. The van der Waals surface area contributed by atoms with Crippen LogP contribution in [-0.2, 0) is 9.53 Å². The van der Waals surface area contributed by atoms with Crippen LogP contribution in [0.2, 0.25) is 0 Å². The van der Waals surface area contributed by atoms with Gasteiger partial charge in [0.1, 0.15) is 29.1 Å². The zero-order valence-electron chi connectivity index (χ0n) is 12.7. The van der Waals surface area contributed by atoms with Gasteiger partial charge in [0.05, 0.1) is 19.6 Å². The highest BCUT2D eigenvalue weighted by atomic mass is 35.5. The Bertz CT molecular complexity index is 660. The molecule has 1 N–H and O–H groups in total. The molecule has 7 heteroatoms. The summed E-state index contributed by atoms with van der Waals surface area (Å²) in [6, 6.07) is 4.90. The van der Waals surface area contributed by atoms with E-state index in [1.807, 2.05) is 0 Å². The topological polar surface area (TPSA) is 82.1 Å². The van der Waals surface area contributed by atoms with E-state index in [2.05, 4.69) is 0 Å². The van der Waals surface area contributed by atoms with E-state index in [0.29, 0.717) is 12.2 Å². The molecule has 4 unspecified atom stereocenters. The van der Waals surface area contributed by atoms with Crippen LogP contribution >= 0.6 is 11.6 Å². The molecule has 0 bridgehead atoms. The number of rotatable bonds is 2. The lowest BCUT2D eigenvalue weighted by atomic mass is 9.70. The summed E-state index contributed by atoms with van der Waals surface area (Å²) in [5.41, 5.74) is -1.55. The van der Waals surface area contributed by atoms with Crippen LogP contribution < -0.4 is 9.47 Å². The number of carbonyl (C=O) groups excluding carboxylic acids is 2. The number of hydrogen-bond acceptors (Lipinski definition) is 6. The summed E-state index contributed by atoms with van der Waals surface area (Å²) in [6.45, 7) is 0. The minimum Gasteiger partial charge on any atom is -0.496 e. The number of halogens is 1. The number of hydrogen-bond donors (Lipinski definition) is 1. The van der Waals surface area contributed by atoms with E-state index >= 15 is 0 Å². The maximum atomic E-state index is 13.1. The molecule has 1 aliphatic carbocycles. The Morgan fingerprint density at radius 2 is 2.13 bits per heavy atom. The molecule has 1 aliphatic heterocycles. The van der Waals surface area contributed by atoms with Crippen molar-refractivity contribution in [1.29, 1.82) is 0 Å². The summed E-state index contributed by atoms with van der Waals surface area (Å²) in [6.07, 6.45) is -0.524. The van der Waals surface area contributed by atoms with Crippen molar-refractivity contribution in [3.63, 3.8) is 0 Å². The lowest BCUT2D eigenvalue weighted by Gasteiger charge is -2.43. The van der Waals surface area contributed by atoms with E-state index in [1.165, 1.54) is 14.2 Å². The number of esters is 1. The van der Waals surface area contributed by atoms with Crippen molar-refractivity contribution in [2.24, 2.45) is 5.92 Å². The second kappa shape index (κ2) is 5.69. The van der Waals surface area contributed by atoms with Gasteiger partial charge in [-0.15, -0.1) is 11.6 Å². The van der Waals surface area contributed by atoms with Gasteiger partial charge in [-0.2, -0.15) is 0 Å². The van der Waals surface area contributed by atoms with Crippen molar-refractivity contribution in [2.45, 2.75) is 29.9 Å². The fourth-order valence-corrected chi connectivity index (χ4v) is 3.88. The first kappa shape index (κ1) is 16.1. The quantitative estimate of drug-likeness (QED) is 0.650. The number of aliphatic hydroxyl groups is 1. The van der Waals surface area contributed by atoms with Crippen LogP contribution in [0.25, 0.3) is 0 Å². The van der Waals surface area contributed by atoms with Gasteiger partial charge in [-0.05, 0) is 25.0 Å². The molecule has 0 aromatic heterocycles. The number of benzene rings is 1. The number of methoxy groups -OCH3 is 2. The zero-order chi connectivity index (χ0) is 16.8. The van der Waals surface area contributed by atoms with Crippen molar-refractivity contribution in [3.05, 3.63) is 23.8 Å². The Kier molecular flexibility index (Phi) is 3.98. The van der Waals surface area contributed by atoms with Gasteiger partial charge in [0, 0.05) is 0 Å². The molecule has 1 fully saturated rings. The molecule has 3 rings (SSSR count). The van der Waals surface area contributed by atoms with Crippen LogP contribution in [0.3, 0.4) is 0 Å². The number of fused-ring (bicyclic) bond motifs is 1. The number of alkyl halides is 1. The first-order valence-electron chi connectivity index (χ1n) is 7.28. The molecular formula is C16H17ClO6. The van der Waals surface area contributed by atoms with Crippen LogP contribution in [0.1, 0.15) is 23.2 Å². The number of ketones is 1. The van der Waals surface area contributed by atoms with Crippen molar-refractivity contribution >= 4 is 23.4 Å². The van der Waals surface area contributed by atoms with Crippen LogP contribution in [0.5, 0.6) is 11.5 Å². The predicted octanol–water partition coefficient (Wildman–Crippen LogP) is 1.56. The van der Waals surface area contributed by atoms with E-state index < -0.39 is 34.8 Å². The van der Waals surface area contributed by atoms with Crippen molar-refractivity contribution in [1.82, 2.24) is 0 Å². The van der Waals surface area contributed by atoms with E-state index in [0.717, 1.165) is 0 Å². The average molecular weight is 341 g/mol. The van der Waals surface area contributed by atoms with Gasteiger partial charge in [-0.3, -0.25) is 9.59 Å². The molecule has 1 saturated carbocycles. The van der Waals surface area contributed by atoms with Gasteiger partial charge in [0.2, 0.25) is 11.4 Å². The third-order valence-corrected chi connectivity index (χ3v) is 5.03. The van der Waals surface area contributed by atoms with E-state index in [4.69, 9.17) is 25.8 Å². The first-order chi connectivity index (χ1) is 11.0. The molecular weight excluding hydrogens is 324 g/mol. The molecule has 0 saturated heterocycles. The van der Waals surface area contributed by atoms with Crippen LogP contribution in [0, 0.1) is 5.92 Å². The highest BCUT2D eigenvalue weighted by Gasteiger charge is 2.65. The van der Waals surface area contributed by atoms with E-state index in [1.54, 1.807) is 18.2 Å². The second-order valence-electron chi connectivity index (χ2n) is 5.67. The number of aliphatic hydroxyl groups excluding tert-OH is 1. The Labute approximate surface area is 138 Å². The molecule has 23 heavy (non-hydrogen) atoms. The average Bonchev–Trinajstić information content (AvgIpc) is 2.85. The maximum absolute atomic E-state index is 13.1. The smallest absolute Gasteiger partial charge is 0.314 e. The largest absolute Gasteiger partial charge is 0.496 e. The van der Waals surface area contributed by atoms with Crippen molar-refractivity contribution < 1.29 is 28.9 Å². The van der Waals surface area contributed by atoms with Crippen LogP contribution in [0.15, 0.2) is 18.2 Å². The Balaban J connectivity index is 2.16. The van der Waals surface area contributed by atoms with E-state index in [9.17, 15) is 14.7 Å². The van der Waals surface area contributed by atoms with Crippen molar-refractivity contribution in [3.8, 4) is 11.5 Å². The predicted molar refractivity (Wildman–Crippen MR) is 81.1 cm³/mol. The third kappa shape index (κ3) is 2.12. The minimum atomic E-state index is -1.77. The lowest BCUT2D eigenvalue weighted by Crippen LogP contribution is -2.64. The van der Waals surface area contributed by atoms with Gasteiger partial charge < -0.3 is 19.3 Å². The van der Waals surface area contributed by atoms with Gasteiger partial charge in [0.25, 0.3) is 0 Å². The minimum absolute atomic E-state index is 0.216. The summed E-state index contributed by atoms with van der Waals surface area (Å²) in [5, 5.41) is 9.87. The first-order valence-corrected chi connectivity index (χ1v) is 7.71. The fraction of sp³-hybridized carbons (Fsp3) is 0.500. The molecule has 1 aromatic rings. The summed E-state index contributed by atoms with van der Waals surface area (Å²) < 4.78 is 15.9. The van der Waals surface area contributed by atoms with Crippen LogP contribution in [-0.4, -0.2) is 48.2 Å². The standard InChI is InChI=1S/C16H17ClO6/c1-21-9-4-3-5-10-12(9)14(19)16(23-10)11(18)7-6-8(17)13(16)15(20)22-2/h3-5,8,11,13,18H,6-7H2,1-2H3. The Hall–Kier alpha value is -1.79.